The SMILES string of the molecule is CC(NC(=O)Nc1ccccc1)Oc1ccc(CN2C(=O)CSC2=O)cc1. The Hall–Kier alpha value is -3.00. The molecule has 0 aliphatic carbocycles. The van der Waals surface area contributed by atoms with Crippen LogP contribution in [0.5, 0.6) is 5.75 Å². The van der Waals surface area contributed by atoms with Crippen LogP contribution in [0.3, 0.4) is 0 Å². The summed E-state index contributed by atoms with van der Waals surface area (Å²) in [6.45, 7) is 1.97. The van der Waals surface area contributed by atoms with Crippen LogP contribution in [0.15, 0.2) is 54.6 Å². The molecule has 7 nitrogen and oxygen atoms in total. The Morgan fingerprint density at radius 3 is 2.48 bits per heavy atom. The van der Waals surface area contributed by atoms with Crippen molar-refractivity contribution in [2.24, 2.45) is 0 Å². The van der Waals surface area contributed by atoms with E-state index < -0.39 is 6.23 Å². The molecule has 1 saturated heterocycles. The van der Waals surface area contributed by atoms with Gasteiger partial charge in [-0.3, -0.25) is 14.5 Å². The molecule has 0 radical (unpaired) electrons. The number of imide groups is 1. The second-order valence-electron chi connectivity index (χ2n) is 5.90. The highest BCUT2D eigenvalue weighted by molar-refractivity contribution is 8.14. The normalized spacial score (nSPS) is 14.8. The predicted octanol–water partition coefficient (Wildman–Crippen LogP) is 3.43. The number of amides is 4. The van der Waals surface area contributed by atoms with Gasteiger partial charge in [-0.1, -0.05) is 42.1 Å². The summed E-state index contributed by atoms with van der Waals surface area (Å²) in [6, 6.07) is 15.8. The summed E-state index contributed by atoms with van der Waals surface area (Å²) >= 11 is 1.02. The van der Waals surface area contributed by atoms with Gasteiger partial charge in [-0.25, -0.2) is 4.79 Å². The third-order valence-electron chi connectivity index (χ3n) is 3.78. The molecular weight excluding hydrogens is 366 g/mol. The van der Waals surface area contributed by atoms with Crippen LogP contribution in [0, 0.1) is 0 Å². The van der Waals surface area contributed by atoms with Crippen molar-refractivity contribution in [1.82, 2.24) is 10.2 Å². The third kappa shape index (κ3) is 5.24. The van der Waals surface area contributed by atoms with E-state index in [1.54, 1.807) is 43.3 Å². The number of nitrogens with one attached hydrogen (secondary N) is 2. The molecule has 1 heterocycles. The summed E-state index contributed by atoms with van der Waals surface area (Å²) in [5.41, 5.74) is 1.52. The molecule has 4 amide bonds. The average molecular weight is 385 g/mol. The van der Waals surface area contributed by atoms with E-state index in [0.29, 0.717) is 11.4 Å². The smallest absolute Gasteiger partial charge is 0.322 e. The van der Waals surface area contributed by atoms with Crippen molar-refractivity contribution in [1.29, 1.82) is 0 Å². The highest BCUT2D eigenvalue weighted by atomic mass is 32.2. The van der Waals surface area contributed by atoms with Gasteiger partial charge in [0, 0.05) is 5.69 Å². The minimum Gasteiger partial charge on any atom is -0.471 e. The fourth-order valence-corrected chi connectivity index (χ4v) is 3.22. The average Bonchev–Trinajstić information content (AvgIpc) is 2.96. The number of urea groups is 1. The molecule has 1 aliphatic rings. The van der Waals surface area contributed by atoms with E-state index >= 15 is 0 Å². The van der Waals surface area contributed by atoms with E-state index in [2.05, 4.69) is 10.6 Å². The molecule has 0 spiro atoms. The molecule has 0 saturated carbocycles. The maximum atomic E-state index is 11.9. The number of carbonyl (C=O) groups excluding carboxylic acids is 3. The van der Waals surface area contributed by atoms with Gasteiger partial charge in [0.2, 0.25) is 5.91 Å². The molecule has 8 heteroatoms. The molecule has 0 bridgehead atoms. The van der Waals surface area contributed by atoms with E-state index in [4.69, 9.17) is 4.74 Å². The largest absolute Gasteiger partial charge is 0.471 e. The Labute approximate surface area is 161 Å². The summed E-state index contributed by atoms with van der Waals surface area (Å²) in [7, 11) is 0. The first-order valence-electron chi connectivity index (χ1n) is 8.36. The lowest BCUT2D eigenvalue weighted by molar-refractivity contribution is -0.125. The maximum absolute atomic E-state index is 11.9. The van der Waals surface area contributed by atoms with Crippen LogP contribution in [-0.2, 0) is 11.3 Å². The molecule has 2 aromatic carbocycles. The number of thioether (sulfide) groups is 1. The van der Waals surface area contributed by atoms with Gasteiger partial charge in [0.15, 0.2) is 6.23 Å². The molecule has 27 heavy (non-hydrogen) atoms. The van der Waals surface area contributed by atoms with Gasteiger partial charge in [0.1, 0.15) is 5.75 Å². The molecule has 0 aromatic heterocycles. The molecular formula is C19H19N3O4S. The summed E-state index contributed by atoms with van der Waals surface area (Å²) < 4.78 is 5.67. The Kier molecular flexibility index (Phi) is 5.97. The fraction of sp³-hybridized carbons (Fsp3) is 0.211. The van der Waals surface area contributed by atoms with Gasteiger partial charge in [0.05, 0.1) is 12.3 Å². The summed E-state index contributed by atoms with van der Waals surface area (Å²) in [5.74, 6) is 0.598. The van der Waals surface area contributed by atoms with Crippen molar-refractivity contribution in [2.75, 3.05) is 11.1 Å². The van der Waals surface area contributed by atoms with Crippen LogP contribution in [0.2, 0.25) is 0 Å². The molecule has 140 valence electrons. The summed E-state index contributed by atoms with van der Waals surface area (Å²) in [5, 5.41) is 5.18. The summed E-state index contributed by atoms with van der Waals surface area (Å²) in [4.78, 5) is 36.5. The van der Waals surface area contributed by atoms with Crippen molar-refractivity contribution in [3.63, 3.8) is 0 Å². The number of ether oxygens (including phenoxy) is 1. The number of carbonyl (C=O) groups is 3. The molecule has 3 rings (SSSR count). The Bertz CT molecular complexity index is 811. The first-order valence-corrected chi connectivity index (χ1v) is 9.35. The van der Waals surface area contributed by atoms with Gasteiger partial charge in [-0.05, 0) is 36.8 Å². The van der Waals surface area contributed by atoms with Crippen LogP contribution in [-0.4, -0.2) is 34.1 Å². The van der Waals surface area contributed by atoms with Crippen molar-refractivity contribution >= 4 is 34.6 Å². The topological polar surface area (TPSA) is 87.7 Å². The number of hydrogen-bond acceptors (Lipinski definition) is 5. The maximum Gasteiger partial charge on any atom is 0.322 e. The summed E-state index contributed by atoms with van der Waals surface area (Å²) in [6.07, 6.45) is -0.544. The molecule has 1 aliphatic heterocycles. The van der Waals surface area contributed by atoms with E-state index in [9.17, 15) is 14.4 Å². The quantitative estimate of drug-likeness (QED) is 0.744. The number of rotatable bonds is 6. The third-order valence-corrected chi connectivity index (χ3v) is 4.64. The first kappa shape index (κ1) is 18.8. The van der Waals surface area contributed by atoms with Gasteiger partial charge < -0.3 is 15.4 Å². The predicted molar refractivity (Wildman–Crippen MR) is 104 cm³/mol. The van der Waals surface area contributed by atoms with E-state index in [0.717, 1.165) is 17.3 Å². The molecule has 2 aromatic rings. The van der Waals surface area contributed by atoms with Gasteiger partial charge in [-0.2, -0.15) is 0 Å². The van der Waals surface area contributed by atoms with Gasteiger partial charge in [0.25, 0.3) is 5.24 Å². The first-order chi connectivity index (χ1) is 13.0. The Morgan fingerprint density at radius 2 is 1.85 bits per heavy atom. The number of benzene rings is 2. The minimum absolute atomic E-state index is 0.174. The van der Waals surface area contributed by atoms with Crippen molar-refractivity contribution in [2.45, 2.75) is 19.7 Å². The van der Waals surface area contributed by atoms with Crippen molar-refractivity contribution in [3.8, 4) is 5.75 Å². The van der Waals surface area contributed by atoms with Gasteiger partial charge in [-0.15, -0.1) is 0 Å². The van der Waals surface area contributed by atoms with Crippen LogP contribution >= 0.6 is 11.8 Å². The van der Waals surface area contributed by atoms with Crippen LogP contribution in [0.25, 0.3) is 0 Å². The molecule has 1 unspecified atom stereocenters. The monoisotopic (exact) mass is 385 g/mol. The number of hydrogen-bond donors (Lipinski definition) is 2. The Morgan fingerprint density at radius 1 is 1.15 bits per heavy atom. The van der Waals surface area contributed by atoms with Crippen molar-refractivity contribution < 1.29 is 19.1 Å². The zero-order chi connectivity index (χ0) is 19.2. The van der Waals surface area contributed by atoms with Crippen LogP contribution < -0.4 is 15.4 Å². The number of nitrogens with zero attached hydrogens (tertiary/aromatic N) is 1. The highest BCUT2D eigenvalue weighted by Gasteiger charge is 2.29. The minimum atomic E-state index is -0.544. The van der Waals surface area contributed by atoms with Crippen LogP contribution in [0.4, 0.5) is 15.3 Å². The van der Waals surface area contributed by atoms with Crippen LogP contribution in [0.1, 0.15) is 12.5 Å². The number of anilines is 1. The zero-order valence-corrected chi connectivity index (χ0v) is 15.5. The fourth-order valence-electron chi connectivity index (χ4n) is 2.50. The lowest BCUT2D eigenvalue weighted by atomic mass is 10.2. The molecule has 2 N–H and O–H groups in total. The standard InChI is InChI=1S/C19H19N3O4S/c1-13(20-18(24)21-15-5-3-2-4-6-15)26-16-9-7-14(8-10-16)11-22-17(23)12-27-19(22)25/h2-10,13H,11-12H2,1H3,(H2,20,21,24). The second-order valence-corrected chi connectivity index (χ2v) is 6.83. The van der Waals surface area contributed by atoms with E-state index in [-0.39, 0.29) is 29.5 Å². The van der Waals surface area contributed by atoms with Crippen molar-refractivity contribution in [3.05, 3.63) is 60.2 Å². The lowest BCUT2D eigenvalue weighted by Gasteiger charge is -2.17. The van der Waals surface area contributed by atoms with E-state index in [1.807, 2.05) is 18.2 Å². The van der Waals surface area contributed by atoms with Gasteiger partial charge >= 0.3 is 6.03 Å². The second kappa shape index (κ2) is 8.59. The molecule has 1 atom stereocenters. The lowest BCUT2D eigenvalue weighted by Crippen LogP contribution is -2.39. The van der Waals surface area contributed by atoms with E-state index in [1.165, 1.54) is 4.90 Å². The Balaban J connectivity index is 1.49. The molecule has 1 fully saturated rings. The highest BCUT2D eigenvalue weighted by Crippen LogP contribution is 2.22. The zero-order valence-electron chi connectivity index (χ0n) is 14.7. The number of para-hydroxylation sites is 1.